The number of hydrogen-bond donors (Lipinski definition) is 2. The third-order valence-electron chi connectivity index (χ3n) is 3.26. The number of nitrogens with two attached hydrogens (primary N) is 1. The smallest absolute Gasteiger partial charge is 0.124 e. The molecular weight excluding hydrogens is 275 g/mol. The summed E-state index contributed by atoms with van der Waals surface area (Å²) in [5, 5.41) is 0.369. The summed E-state index contributed by atoms with van der Waals surface area (Å²) in [6.07, 6.45) is 2.10. The van der Waals surface area contributed by atoms with Crippen molar-refractivity contribution in [3.63, 3.8) is 0 Å². The van der Waals surface area contributed by atoms with E-state index in [0.717, 1.165) is 24.0 Å². The summed E-state index contributed by atoms with van der Waals surface area (Å²) in [4.78, 5) is 0. The molecule has 0 amide bonds. The van der Waals surface area contributed by atoms with Crippen molar-refractivity contribution in [2.75, 3.05) is 0 Å². The first-order chi connectivity index (χ1) is 9.65. The van der Waals surface area contributed by atoms with Crippen molar-refractivity contribution in [1.29, 1.82) is 0 Å². The summed E-state index contributed by atoms with van der Waals surface area (Å²) in [6, 6.07) is 12.3. The highest BCUT2D eigenvalue weighted by Crippen LogP contribution is 2.29. The minimum Gasteiger partial charge on any atom is -0.271 e. The fourth-order valence-electron chi connectivity index (χ4n) is 2.32. The minimum absolute atomic E-state index is 0.250. The summed E-state index contributed by atoms with van der Waals surface area (Å²) in [6.45, 7) is 2.14. The van der Waals surface area contributed by atoms with Crippen LogP contribution in [0.25, 0.3) is 0 Å². The molecule has 0 spiro atoms. The van der Waals surface area contributed by atoms with Gasteiger partial charge in [0.2, 0.25) is 0 Å². The van der Waals surface area contributed by atoms with Crippen LogP contribution in [0.1, 0.15) is 36.1 Å². The molecule has 0 aromatic heterocycles. The van der Waals surface area contributed by atoms with Gasteiger partial charge in [0, 0.05) is 5.02 Å². The number of hydrogen-bond acceptors (Lipinski definition) is 2. The molecule has 0 fully saturated rings. The molecular formula is C16H18ClFN2. The molecule has 0 bridgehead atoms. The van der Waals surface area contributed by atoms with E-state index in [4.69, 9.17) is 17.4 Å². The highest BCUT2D eigenvalue weighted by molar-refractivity contribution is 6.31. The SMILES string of the molecule is CCCc1cccc(C(NN)c2ccc(F)cc2Cl)c1. The van der Waals surface area contributed by atoms with Crippen LogP contribution in [0.3, 0.4) is 0 Å². The second-order valence-corrected chi connectivity index (χ2v) is 5.17. The Kier molecular flexibility index (Phi) is 5.12. The van der Waals surface area contributed by atoms with E-state index in [9.17, 15) is 4.39 Å². The van der Waals surface area contributed by atoms with Crippen LogP contribution >= 0.6 is 11.6 Å². The van der Waals surface area contributed by atoms with Crippen molar-refractivity contribution in [2.45, 2.75) is 25.8 Å². The predicted molar refractivity (Wildman–Crippen MR) is 81.0 cm³/mol. The molecule has 106 valence electrons. The lowest BCUT2D eigenvalue weighted by molar-refractivity contribution is 0.615. The van der Waals surface area contributed by atoms with E-state index >= 15 is 0 Å². The van der Waals surface area contributed by atoms with Gasteiger partial charge in [-0.1, -0.05) is 55.3 Å². The zero-order valence-corrected chi connectivity index (χ0v) is 12.1. The van der Waals surface area contributed by atoms with E-state index < -0.39 is 0 Å². The fourth-order valence-corrected chi connectivity index (χ4v) is 2.59. The van der Waals surface area contributed by atoms with Crippen molar-refractivity contribution in [3.8, 4) is 0 Å². The van der Waals surface area contributed by atoms with Crippen molar-refractivity contribution in [1.82, 2.24) is 5.43 Å². The molecule has 0 saturated carbocycles. The summed E-state index contributed by atoms with van der Waals surface area (Å²) >= 11 is 6.12. The average molecular weight is 293 g/mol. The Morgan fingerprint density at radius 2 is 2.05 bits per heavy atom. The molecule has 2 rings (SSSR count). The Labute approximate surface area is 123 Å². The first kappa shape index (κ1) is 15.0. The van der Waals surface area contributed by atoms with E-state index in [1.165, 1.54) is 17.7 Å². The van der Waals surface area contributed by atoms with Crippen LogP contribution in [0.5, 0.6) is 0 Å². The van der Waals surface area contributed by atoms with Gasteiger partial charge in [-0.3, -0.25) is 5.84 Å². The van der Waals surface area contributed by atoms with Gasteiger partial charge in [-0.2, -0.15) is 0 Å². The van der Waals surface area contributed by atoms with E-state index in [1.807, 2.05) is 12.1 Å². The molecule has 20 heavy (non-hydrogen) atoms. The van der Waals surface area contributed by atoms with Gasteiger partial charge in [0.15, 0.2) is 0 Å². The second-order valence-electron chi connectivity index (χ2n) is 4.76. The van der Waals surface area contributed by atoms with E-state index in [2.05, 4.69) is 24.5 Å². The maximum Gasteiger partial charge on any atom is 0.124 e. The van der Waals surface area contributed by atoms with Crippen LogP contribution in [-0.2, 0) is 6.42 Å². The van der Waals surface area contributed by atoms with Gasteiger partial charge in [-0.05, 0) is 35.2 Å². The van der Waals surface area contributed by atoms with Gasteiger partial charge < -0.3 is 0 Å². The van der Waals surface area contributed by atoms with E-state index in [1.54, 1.807) is 6.07 Å². The van der Waals surface area contributed by atoms with E-state index in [-0.39, 0.29) is 11.9 Å². The topological polar surface area (TPSA) is 38.0 Å². The predicted octanol–water partition coefficient (Wildman–Crippen LogP) is 3.98. The van der Waals surface area contributed by atoms with Crippen LogP contribution in [-0.4, -0.2) is 0 Å². The number of nitrogens with one attached hydrogen (secondary N) is 1. The van der Waals surface area contributed by atoms with Gasteiger partial charge in [0.1, 0.15) is 5.82 Å². The summed E-state index contributed by atoms with van der Waals surface area (Å²) < 4.78 is 13.1. The molecule has 3 N–H and O–H groups in total. The zero-order chi connectivity index (χ0) is 14.5. The number of hydrazine groups is 1. The molecule has 2 nitrogen and oxygen atoms in total. The first-order valence-corrected chi connectivity index (χ1v) is 7.03. The molecule has 4 heteroatoms. The standard InChI is InChI=1S/C16H18ClFN2/c1-2-4-11-5-3-6-12(9-11)16(20-19)14-8-7-13(18)10-15(14)17/h3,5-10,16,20H,2,4,19H2,1H3. The molecule has 0 aliphatic heterocycles. The maximum atomic E-state index is 13.1. The lowest BCUT2D eigenvalue weighted by atomic mass is 9.96. The molecule has 0 radical (unpaired) electrons. The normalized spacial score (nSPS) is 12.4. The Balaban J connectivity index is 2.38. The number of aryl methyl sites for hydroxylation is 1. The largest absolute Gasteiger partial charge is 0.271 e. The molecule has 0 aliphatic rings. The summed E-state index contributed by atoms with van der Waals surface area (Å²) in [7, 11) is 0. The fraction of sp³-hybridized carbons (Fsp3) is 0.250. The summed E-state index contributed by atoms with van der Waals surface area (Å²) in [5.74, 6) is 5.31. The molecule has 0 heterocycles. The maximum absolute atomic E-state index is 13.1. The van der Waals surface area contributed by atoms with Gasteiger partial charge in [-0.25, -0.2) is 9.82 Å². The third-order valence-corrected chi connectivity index (χ3v) is 3.59. The molecule has 0 aliphatic carbocycles. The van der Waals surface area contributed by atoms with Gasteiger partial charge in [-0.15, -0.1) is 0 Å². The quantitative estimate of drug-likeness (QED) is 0.646. The van der Waals surface area contributed by atoms with Gasteiger partial charge >= 0.3 is 0 Å². The lowest BCUT2D eigenvalue weighted by Gasteiger charge is -2.19. The van der Waals surface area contributed by atoms with Crippen molar-refractivity contribution < 1.29 is 4.39 Å². The average Bonchev–Trinajstić information content (AvgIpc) is 2.43. The monoisotopic (exact) mass is 292 g/mol. The lowest BCUT2D eigenvalue weighted by Crippen LogP contribution is -2.29. The molecule has 2 aromatic rings. The molecule has 2 aromatic carbocycles. The number of halogens is 2. The van der Waals surface area contributed by atoms with Gasteiger partial charge in [0.05, 0.1) is 6.04 Å². The molecule has 1 unspecified atom stereocenters. The van der Waals surface area contributed by atoms with Crippen LogP contribution in [0.4, 0.5) is 4.39 Å². The first-order valence-electron chi connectivity index (χ1n) is 6.65. The van der Waals surface area contributed by atoms with Crippen molar-refractivity contribution >= 4 is 11.6 Å². The molecule has 0 saturated heterocycles. The number of rotatable bonds is 5. The van der Waals surface area contributed by atoms with Crippen LogP contribution < -0.4 is 11.3 Å². The second kappa shape index (κ2) is 6.84. The van der Waals surface area contributed by atoms with Crippen LogP contribution in [0, 0.1) is 5.82 Å². The zero-order valence-electron chi connectivity index (χ0n) is 11.4. The molecule has 1 atom stereocenters. The van der Waals surface area contributed by atoms with E-state index in [0.29, 0.717) is 5.02 Å². The van der Waals surface area contributed by atoms with Crippen molar-refractivity contribution in [2.24, 2.45) is 5.84 Å². The van der Waals surface area contributed by atoms with Crippen LogP contribution in [0.15, 0.2) is 42.5 Å². The summed E-state index contributed by atoms with van der Waals surface area (Å²) in [5.41, 5.74) is 5.80. The Hall–Kier alpha value is -1.42. The minimum atomic E-state index is -0.353. The number of benzene rings is 2. The van der Waals surface area contributed by atoms with Crippen LogP contribution in [0.2, 0.25) is 5.02 Å². The van der Waals surface area contributed by atoms with Crippen molar-refractivity contribution in [3.05, 3.63) is 70.0 Å². The highest BCUT2D eigenvalue weighted by Gasteiger charge is 2.16. The Bertz CT molecular complexity index is 586. The third kappa shape index (κ3) is 3.37. The Morgan fingerprint density at radius 3 is 2.70 bits per heavy atom. The van der Waals surface area contributed by atoms with Gasteiger partial charge in [0.25, 0.3) is 0 Å². The Morgan fingerprint density at radius 1 is 1.25 bits per heavy atom. The highest BCUT2D eigenvalue weighted by atomic mass is 35.5.